The molecule has 4 rings (SSSR count). The first kappa shape index (κ1) is 62.6. The molecule has 0 aliphatic carbocycles. The molecule has 418 valence electrons. The van der Waals surface area contributed by atoms with Gasteiger partial charge in [0.25, 0.3) is 11.8 Å². The molecule has 1 aromatic heterocycles. The summed E-state index contributed by atoms with van der Waals surface area (Å²) in [5.74, 6) is -5.26. The highest BCUT2D eigenvalue weighted by Gasteiger charge is 2.37. The lowest BCUT2D eigenvalue weighted by atomic mass is 9.83. The minimum Gasteiger partial charge on any atom is -0.480 e. The zero-order chi connectivity index (χ0) is 55.7. The van der Waals surface area contributed by atoms with E-state index in [1.165, 1.54) is 0 Å². The normalized spacial score (nSPS) is 13.4. The van der Waals surface area contributed by atoms with Crippen molar-refractivity contribution in [2.45, 2.75) is 77.9 Å². The van der Waals surface area contributed by atoms with Crippen molar-refractivity contribution in [3.8, 4) is 11.1 Å². The van der Waals surface area contributed by atoms with Crippen molar-refractivity contribution >= 4 is 61.4 Å². The second-order valence-corrected chi connectivity index (χ2v) is 26.7. The molecule has 19 nitrogen and oxygen atoms in total. The summed E-state index contributed by atoms with van der Waals surface area (Å²) in [6.07, 6.45) is 3.60. The van der Waals surface area contributed by atoms with E-state index in [1.54, 1.807) is 17.2 Å². The van der Waals surface area contributed by atoms with Gasteiger partial charge in [-0.15, -0.1) is 11.8 Å². The number of carboxylic acids is 1. The van der Waals surface area contributed by atoms with Crippen molar-refractivity contribution in [2.24, 2.45) is 5.41 Å². The molecule has 6 amide bonds. The molecule has 0 radical (unpaired) electrons. The SMILES string of the molecule is CC(C)(C)[C@H](c1cc(-c2cc(F)ccc2F)cn1Cc1ccccc1)N(CCCNC(=O)OCC[Si](C)(C)C)C(=O)CSC[C@H](NC(=O)CCOCCOCCOCCOCCNC(=O)CN1C(=O)C=CC1=O)C(=O)O. The minimum atomic E-state index is -1.44. The zero-order valence-corrected chi connectivity index (χ0v) is 46.2. The molecule has 23 heteroatoms. The van der Waals surface area contributed by atoms with E-state index in [0.717, 1.165) is 58.6 Å². The maximum absolute atomic E-state index is 15.3. The average Bonchev–Trinajstić information content (AvgIpc) is 3.90. The van der Waals surface area contributed by atoms with Gasteiger partial charge in [-0.3, -0.25) is 28.9 Å². The number of carbonyl (C=O) groups excluding carboxylic acids is 6. The Morgan fingerprint density at radius 1 is 0.789 bits per heavy atom. The van der Waals surface area contributed by atoms with Crippen LogP contribution < -0.4 is 16.0 Å². The van der Waals surface area contributed by atoms with Crippen LogP contribution in [0.5, 0.6) is 0 Å². The van der Waals surface area contributed by atoms with Gasteiger partial charge in [0.05, 0.1) is 71.3 Å². The van der Waals surface area contributed by atoms with E-state index in [-0.39, 0.29) is 108 Å². The van der Waals surface area contributed by atoms with E-state index in [2.05, 4.69) is 35.6 Å². The average molecular weight is 1100 g/mol. The van der Waals surface area contributed by atoms with E-state index in [4.69, 9.17) is 23.7 Å². The maximum Gasteiger partial charge on any atom is 0.407 e. The van der Waals surface area contributed by atoms with Crippen LogP contribution in [0, 0.1) is 17.0 Å². The Labute approximate surface area is 448 Å². The molecular formula is C53H74F2N6O13SSi. The third kappa shape index (κ3) is 22.7. The van der Waals surface area contributed by atoms with Gasteiger partial charge in [0.1, 0.15) is 24.2 Å². The third-order valence-electron chi connectivity index (χ3n) is 11.5. The second-order valence-electron chi connectivity index (χ2n) is 20.1. The maximum atomic E-state index is 15.3. The Morgan fingerprint density at radius 3 is 2.04 bits per heavy atom. The molecule has 2 atom stereocenters. The van der Waals surface area contributed by atoms with Gasteiger partial charge in [-0.25, -0.2) is 18.4 Å². The lowest BCUT2D eigenvalue weighted by Crippen LogP contribution is -2.45. The van der Waals surface area contributed by atoms with Gasteiger partial charge >= 0.3 is 12.1 Å². The highest BCUT2D eigenvalue weighted by atomic mass is 32.2. The molecule has 0 saturated heterocycles. The van der Waals surface area contributed by atoms with Gasteiger partial charge in [-0.1, -0.05) is 70.7 Å². The number of hydrogen-bond acceptors (Lipinski definition) is 13. The molecule has 0 bridgehead atoms. The van der Waals surface area contributed by atoms with Gasteiger partial charge in [0.2, 0.25) is 17.7 Å². The lowest BCUT2D eigenvalue weighted by Gasteiger charge is -2.41. The van der Waals surface area contributed by atoms with Crippen molar-refractivity contribution in [1.82, 2.24) is 30.3 Å². The summed E-state index contributed by atoms with van der Waals surface area (Å²) in [5, 5.41) is 17.9. The van der Waals surface area contributed by atoms with Gasteiger partial charge in [-0.2, -0.15) is 0 Å². The molecule has 0 saturated carbocycles. The van der Waals surface area contributed by atoms with Crippen LogP contribution in [0.25, 0.3) is 11.1 Å². The van der Waals surface area contributed by atoms with E-state index in [1.807, 2.05) is 55.7 Å². The second kappa shape index (κ2) is 31.9. The van der Waals surface area contributed by atoms with Gasteiger partial charge < -0.3 is 54.2 Å². The van der Waals surface area contributed by atoms with Crippen molar-refractivity contribution < 1.29 is 71.1 Å². The van der Waals surface area contributed by atoms with Crippen LogP contribution >= 0.6 is 11.8 Å². The highest BCUT2D eigenvalue weighted by Crippen LogP contribution is 2.41. The van der Waals surface area contributed by atoms with Crippen LogP contribution in [0.15, 0.2) is 72.9 Å². The van der Waals surface area contributed by atoms with E-state index in [9.17, 15) is 43.1 Å². The summed E-state index contributed by atoms with van der Waals surface area (Å²) in [4.78, 5) is 89.9. The largest absolute Gasteiger partial charge is 0.480 e. The van der Waals surface area contributed by atoms with Crippen molar-refractivity contribution in [3.63, 3.8) is 0 Å². The first-order valence-corrected chi connectivity index (χ1v) is 30.1. The molecule has 0 unspecified atom stereocenters. The van der Waals surface area contributed by atoms with Crippen LogP contribution in [-0.2, 0) is 59.0 Å². The number of carboxylic acid groups (broad SMARTS) is 1. The van der Waals surface area contributed by atoms with E-state index < -0.39 is 72.9 Å². The summed E-state index contributed by atoms with van der Waals surface area (Å²) in [5.41, 5.74) is 1.39. The van der Waals surface area contributed by atoms with Crippen molar-refractivity contribution in [1.29, 1.82) is 0 Å². The Bertz CT molecular complexity index is 2400. The molecule has 3 aromatic rings. The summed E-state index contributed by atoms with van der Waals surface area (Å²) in [6, 6.07) is 13.4. The minimum absolute atomic E-state index is 0.000926. The molecule has 0 spiro atoms. The van der Waals surface area contributed by atoms with Gasteiger partial charge in [0.15, 0.2) is 0 Å². The quantitative estimate of drug-likeness (QED) is 0.0317. The fourth-order valence-electron chi connectivity index (χ4n) is 7.71. The number of benzene rings is 2. The molecule has 1 aliphatic heterocycles. The van der Waals surface area contributed by atoms with E-state index in [0.29, 0.717) is 30.8 Å². The number of nitrogens with zero attached hydrogens (tertiary/aromatic N) is 3. The summed E-state index contributed by atoms with van der Waals surface area (Å²) in [7, 11) is -1.44. The number of thioether (sulfide) groups is 1. The number of alkyl carbamates (subject to hydrolysis) is 1. The van der Waals surface area contributed by atoms with Gasteiger partial charge in [-0.05, 0) is 47.7 Å². The number of halogens is 2. The number of imide groups is 1. The van der Waals surface area contributed by atoms with Crippen molar-refractivity contribution in [3.05, 3.63) is 95.8 Å². The van der Waals surface area contributed by atoms with Gasteiger partial charge in [0, 0.05) is 81.6 Å². The summed E-state index contributed by atoms with van der Waals surface area (Å²) >= 11 is 1.04. The standard InChI is InChI=1S/C53H74F2N6O13SSi/c1-53(2,3)50(44-31-39(41-32-40(54)13-14-42(41)55)34-59(44)33-38-11-8-7-9-12-38)60(20-10-18-57-52(69)74-29-30-76(4,5)6)49(66)37-75-36-43(51(67)68)58-45(62)17-21-70-23-25-72-27-28-73-26-24-71-22-19-56-46(63)35-61-47(64)15-16-48(61)65/h7-9,11-16,31-32,34,43,50H,10,17-30,33,35-37H2,1-6H3,(H,56,63)(H,57,69)(H,58,62)(H,67,68)/t43-,50-/m0/s1. The van der Waals surface area contributed by atoms with Crippen LogP contribution in [0.3, 0.4) is 0 Å². The zero-order valence-electron chi connectivity index (χ0n) is 44.4. The third-order valence-corrected chi connectivity index (χ3v) is 14.3. The number of nitrogens with one attached hydrogen (secondary N) is 3. The monoisotopic (exact) mass is 1100 g/mol. The molecule has 76 heavy (non-hydrogen) atoms. The summed E-state index contributed by atoms with van der Waals surface area (Å²) < 4.78 is 59.1. The number of aliphatic carboxylic acids is 1. The van der Waals surface area contributed by atoms with Crippen molar-refractivity contribution in [2.75, 3.05) is 97.1 Å². The lowest BCUT2D eigenvalue weighted by molar-refractivity contribution is -0.141. The molecule has 0 fully saturated rings. The molecule has 2 heterocycles. The smallest absolute Gasteiger partial charge is 0.407 e. The highest BCUT2D eigenvalue weighted by molar-refractivity contribution is 8.00. The number of hydrogen-bond donors (Lipinski definition) is 4. The topological polar surface area (TPSA) is 233 Å². The molecular weight excluding hydrogens is 1030 g/mol. The predicted molar refractivity (Wildman–Crippen MR) is 285 cm³/mol. The van der Waals surface area contributed by atoms with E-state index >= 15 is 4.39 Å². The Morgan fingerprint density at radius 2 is 1.42 bits per heavy atom. The fraction of sp³-hybridized carbons (Fsp3) is 0.528. The van der Waals surface area contributed by atoms with Crippen LogP contribution in [0.4, 0.5) is 13.6 Å². The molecule has 4 N–H and O–H groups in total. The summed E-state index contributed by atoms with van der Waals surface area (Å²) in [6.45, 7) is 15.0. The molecule has 2 aromatic carbocycles. The molecule has 1 aliphatic rings. The number of amides is 6. The Kier molecular flexibility index (Phi) is 26.3. The van der Waals surface area contributed by atoms with Crippen LogP contribution in [0.2, 0.25) is 25.7 Å². The first-order valence-electron chi connectivity index (χ1n) is 25.2. The number of ether oxygens (including phenoxy) is 5. The fourth-order valence-corrected chi connectivity index (χ4v) is 9.35. The Balaban J connectivity index is 1.27. The van der Waals surface area contributed by atoms with Crippen LogP contribution in [-0.4, -0.2) is 172 Å². The van der Waals surface area contributed by atoms with Crippen LogP contribution in [0.1, 0.15) is 50.9 Å². The number of carbonyl (C=O) groups is 7. The number of aromatic nitrogens is 1. The first-order chi connectivity index (χ1) is 36.1. The predicted octanol–water partition coefficient (Wildman–Crippen LogP) is 5.65. The number of rotatable bonds is 35. The Hall–Kier alpha value is -5.98.